The molecule has 0 radical (unpaired) electrons. The third kappa shape index (κ3) is 4.38. The number of hydrogen-bond donors (Lipinski definition) is 1. The average Bonchev–Trinajstić information content (AvgIpc) is 3.09. The van der Waals surface area contributed by atoms with Crippen molar-refractivity contribution in [2.75, 3.05) is 11.9 Å². The summed E-state index contributed by atoms with van der Waals surface area (Å²) in [5.74, 6) is -0.294. The maximum Gasteiger partial charge on any atom is 0.311 e. The van der Waals surface area contributed by atoms with Crippen molar-refractivity contribution in [3.63, 3.8) is 0 Å². The summed E-state index contributed by atoms with van der Waals surface area (Å²) in [6.45, 7) is 4.20. The van der Waals surface area contributed by atoms with Crippen molar-refractivity contribution in [2.24, 2.45) is 0 Å². The maximum atomic E-state index is 13.3. The molecule has 1 heterocycles. The van der Waals surface area contributed by atoms with Crippen LogP contribution >= 0.6 is 11.3 Å². The van der Waals surface area contributed by atoms with Crippen molar-refractivity contribution >= 4 is 28.3 Å². The first-order valence-corrected chi connectivity index (χ1v) is 10.4. The second-order valence-electron chi connectivity index (χ2n) is 7.04. The summed E-state index contributed by atoms with van der Waals surface area (Å²) in [5, 5.41) is 5.36. The number of benzene rings is 1. The predicted octanol–water partition coefficient (Wildman–Crippen LogP) is 4.40. The molecule has 1 fully saturated rings. The molecule has 6 heteroatoms. The van der Waals surface area contributed by atoms with Crippen molar-refractivity contribution in [3.05, 3.63) is 46.5 Å². The molecule has 5 nitrogen and oxygen atoms in total. The number of carbonyl (C=O) groups is 2. The minimum Gasteiger partial charge on any atom is -0.466 e. The standard InChI is InChI=1S/C21H26N2O3S/c1-3-26-18(24)13-16-14-27-20(22-16)23-19(25)21(11-7-4-8-12-21)17-10-6-5-9-15(17)2/h5-6,9-10,14H,3-4,7-8,11-13H2,1-2H3,(H,22,23,25). The molecule has 1 aliphatic rings. The van der Waals surface area contributed by atoms with Gasteiger partial charge in [0.2, 0.25) is 5.91 Å². The Labute approximate surface area is 164 Å². The molecule has 2 aromatic rings. The zero-order valence-corrected chi connectivity index (χ0v) is 16.7. The maximum absolute atomic E-state index is 13.3. The summed E-state index contributed by atoms with van der Waals surface area (Å²) < 4.78 is 4.96. The zero-order chi connectivity index (χ0) is 19.3. The topological polar surface area (TPSA) is 68.3 Å². The first kappa shape index (κ1) is 19.5. The van der Waals surface area contributed by atoms with E-state index in [9.17, 15) is 9.59 Å². The molecule has 0 atom stereocenters. The van der Waals surface area contributed by atoms with Crippen molar-refractivity contribution in [1.82, 2.24) is 4.98 Å². The molecular weight excluding hydrogens is 360 g/mol. The fourth-order valence-electron chi connectivity index (χ4n) is 3.91. The van der Waals surface area contributed by atoms with Crippen molar-refractivity contribution in [1.29, 1.82) is 0 Å². The number of amides is 1. The van der Waals surface area contributed by atoms with Crippen LogP contribution in [0.25, 0.3) is 0 Å². The Kier molecular flexibility index (Phi) is 6.26. The van der Waals surface area contributed by atoms with Crippen LogP contribution in [0.3, 0.4) is 0 Å². The summed E-state index contributed by atoms with van der Waals surface area (Å²) in [7, 11) is 0. The van der Waals surface area contributed by atoms with Crippen LogP contribution in [-0.2, 0) is 26.2 Å². The Morgan fingerprint density at radius 1 is 1.22 bits per heavy atom. The number of esters is 1. The number of nitrogens with one attached hydrogen (secondary N) is 1. The van der Waals surface area contributed by atoms with E-state index < -0.39 is 5.41 Å². The van der Waals surface area contributed by atoms with Gasteiger partial charge in [-0.3, -0.25) is 9.59 Å². The largest absolute Gasteiger partial charge is 0.466 e. The van der Waals surface area contributed by atoms with Gasteiger partial charge in [-0.1, -0.05) is 43.5 Å². The molecule has 3 rings (SSSR count). The number of hydrogen-bond acceptors (Lipinski definition) is 5. The molecule has 0 spiro atoms. The molecule has 0 unspecified atom stereocenters. The third-order valence-corrected chi connectivity index (χ3v) is 6.01. The predicted molar refractivity (Wildman–Crippen MR) is 107 cm³/mol. The van der Waals surface area contributed by atoms with Gasteiger partial charge < -0.3 is 10.1 Å². The third-order valence-electron chi connectivity index (χ3n) is 5.21. The number of thiazole rings is 1. The van der Waals surface area contributed by atoms with Crippen LogP contribution in [0.2, 0.25) is 0 Å². The molecule has 144 valence electrons. The molecule has 0 saturated heterocycles. The van der Waals surface area contributed by atoms with Gasteiger partial charge in [-0.2, -0.15) is 0 Å². The number of ether oxygens (including phenoxy) is 1. The van der Waals surface area contributed by atoms with Gasteiger partial charge in [0.1, 0.15) is 0 Å². The van der Waals surface area contributed by atoms with Gasteiger partial charge in [0, 0.05) is 5.38 Å². The van der Waals surface area contributed by atoms with Crippen molar-refractivity contribution in [3.8, 4) is 0 Å². The first-order valence-electron chi connectivity index (χ1n) is 9.53. The Hall–Kier alpha value is -2.21. The lowest BCUT2D eigenvalue weighted by Crippen LogP contribution is -2.42. The normalized spacial score (nSPS) is 15.9. The Morgan fingerprint density at radius 3 is 2.67 bits per heavy atom. The number of aryl methyl sites for hydroxylation is 1. The zero-order valence-electron chi connectivity index (χ0n) is 15.9. The van der Waals surface area contributed by atoms with Gasteiger partial charge in [-0.25, -0.2) is 4.98 Å². The lowest BCUT2D eigenvalue weighted by molar-refractivity contribution is -0.142. The molecule has 1 aromatic carbocycles. The number of anilines is 1. The lowest BCUT2D eigenvalue weighted by Gasteiger charge is -2.37. The molecule has 0 bridgehead atoms. The number of nitrogens with zero attached hydrogens (tertiary/aromatic N) is 1. The molecule has 27 heavy (non-hydrogen) atoms. The van der Waals surface area contributed by atoms with Gasteiger partial charge in [0.15, 0.2) is 5.13 Å². The molecule has 1 aromatic heterocycles. The minimum atomic E-state index is -0.503. The van der Waals surface area contributed by atoms with E-state index in [-0.39, 0.29) is 18.3 Å². The monoisotopic (exact) mass is 386 g/mol. The van der Waals surface area contributed by atoms with Crippen LogP contribution in [0.5, 0.6) is 0 Å². The molecule has 1 aliphatic carbocycles. The lowest BCUT2D eigenvalue weighted by atomic mass is 9.67. The number of rotatable bonds is 6. The summed E-state index contributed by atoms with van der Waals surface area (Å²) in [4.78, 5) is 29.4. The van der Waals surface area contributed by atoms with Crippen LogP contribution < -0.4 is 5.32 Å². The van der Waals surface area contributed by atoms with E-state index in [0.29, 0.717) is 17.4 Å². The van der Waals surface area contributed by atoms with E-state index in [0.717, 1.165) is 36.8 Å². The summed E-state index contributed by atoms with van der Waals surface area (Å²) in [6, 6.07) is 8.16. The van der Waals surface area contributed by atoms with E-state index in [2.05, 4.69) is 29.4 Å². The number of carbonyl (C=O) groups excluding carboxylic acids is 2. The molecule has 1 amide bonds. The second-order valence-corrected chi connectivity index (χ2v) is 7.90. The number of aromatic nitrogens is 1. The molecule has 0 aliphatic heterocycles. The van der Waals surface area contributed by atoms with E-state index in [1.54, 1.807) is 12.3 Å². The van der Waals surface area contributed by atoms with Gasteiger partial charge in [-0.05, 0) is 37.8 Å². The summed E-state index contributed by atoms with van der Waals surface area (Å²) >= 11 is 1.35. The van der Waals surface area contributed by atoms with Crippen LogP contribution in [-0.4, -0.2) is 23.5 Å². The van der Waals surface area contributed by atoms with E-state index in [1.807, 2.05) is 12.1 Å². The van der Waals surface area contributed by atoms with Crippen LogP contribution in [0.4, 0.5) is 5.13 Å². The van der Waals surface area contributed by atoms with Gasteiger partial charge in [-0.15, -0.1) is 11.3 Å². The van der Waals surface area contributed by atoms with Gasteiger partial charge >= 0.3 is 5.97 Å². The van der Waals surface area contributed by atoms with Crippen molar-refractivity contribution in [2.45, 2.75) is 57.8 Å². The average molecular weight is 387 g/mol. The minimum absolute atomic E-state index is 0.00790. The van der Waals surface area contributed by atoms with Crippen molar-refractivity contribution < 1.29 is 14.3 Å². The molecule has 1 N–H and O–H groups in total. The first-order chi connectivity index (χ1) is 13.0. The highest BCUT2D eigenvalue weighted by atomic mass is 32.1. The van der Waals surface area contributed by atoms with Crippen LogP contribution in [0.15, 0.2) is 29.6 Å². The fourth-order valence-corrected chi connectivity index (χ4v) is 4.61. The van der Waals surface area contributed by atoms with E-state index >= 15 is 0 Å². The summed E-state index contributed by atoms with van der Waals surface area (Å²) in [6.07, 6.45) is 5.10. The van der Waals surface area contributed by atoms with E-state index in [4.69, 9.17) is 4.74 Å². The Morgan fingerprint density at radius 2 is 1.96 bits per heavy atom. The SMILES string of the molecule is CCOC(=O)Cc1csc(NC(=O)C2(c3ccccc3C)CCCCC2)n1. The highest BCUT2D eigenvalue weighted by molar-refractivity contribution is 7.14. The van der Waals surface area contributed by atoms with Gasteiger partial charge in [0.05, 0.1) is 24.1 Å². The van der Waals surface area contributed by atoms with Gasteiger partial charge in [0.25, 0.3) is 0 Å². The molecular formula is C21H26N2O3S. The fraction of sp³-hybridized carbons (Fsp3) is 0.476. The second kappa shape index (κ2) is 8.65. The highest BCUT2D eigenvalue weighted by Gasteiger charge is 2.42. The Balaban J connectivity index is 1.79. The summed E-state index contributed by atoms with van der Waals surface area (Å²) in [5.41, 5.74) is 2.39. The quantitative estimate of drug-likeness (QED) is 0.747. The highest BCUT2D eigenvalue weighted by Crippen LogP contribution is 2.42. The van der Waals surface area contributed by atoms with Crippen LogP contribution in [0.1, 0.15) is 55.8 Å². The molecule has 1 saturated carbocycles. The smallest absolute Gasteiger partial charge is 0.311 e. The Bertz CT molecular complexity index is 809. The van der Waals surface area contributed by atoms with Crippen LogP contribution in [0, 0.1) is 6.92 Å². The van der Waals surface area contributed by atoms with E-state index in [1.165, 1.54) is 17.8 Å².